The molecule has 1 aliphatic rings. The predicted octanol–water partition coefficient (Wildman–Crippen LogP) is 1.29. The summed E-state index contributed by atoms with van der Waals surface area (Å²) in [5.41, 5.74) is 3.30. The summed E-state index contributed by atoms with van der Waals surface area (Å²) in [7, 11) is 0. The van der Waals surface area contributed by atoms with Crippen molar-refractivity contribution in [2.75, 3.05) is 0 Å². The zero-order valence-electron chi connectivity index (χ0n) is 17.9. The van der Waals surface area contributed by atoms with Crippen LogP contribution in [0, 0.1) is 17.7 Å². The van der Waals surface area contributed by atoms with E-state index in [4.69, 9.17) is 5.11 Å². The minimum Gasteiger partial charge on any atom is -1.00 e. The fraction of sp³-hybridized carbons (Fsp3) is 0.500. The minimum absolute atomic E-state index is 0. The summed E-state index contributed by atoms with van der Waals surface area (Å²) in [6, 6.07) is 6.49. The fourth-order valence-electron chi connectivity index (χ4n) is 4.00. The van der Waals surface area contributed by atoms with Gasteiger partial charge in [0.25, 0.3) is 0 Å². The third-order valence-corrected chi connectivity index (χ3v) is 5.36. The summed E-state index contributed by atoms with van der Waals surface area (Å²) in [4.78, 5) is 10.6. The molecule has 4 nitrogen and oxygen atoms in total. The van der Waals surface area contributed by atoms with Crippen molar-refractivity contribution in [1.29, 1.82) is 0 Å². The van der Waals surface area contributed by atoms with Gasteiger partial charge < -0.3 is 16.7 Å². The smallest absolute Gasteiger partial charge is 1.00 e. The molecule has 6 heteroatoms. The molecule has 4 atom stereocenters. The molecule has 28 heavy (non-hydrogen) atoms. The Morgan fingerprint density at radius 3 is 2.43 bits per heavy atom. The molecule has 1 aliphatic carbocycles. The fourth-order valence-corrected chi connectivity index (χ4v) is 4.00. The van der Waals surface area contributed by atoms with Crippen LogP contribution in [0.15, 0.2) is 42.0 Å². The van der Waals surface area contributed by atoms with Crippen LogP contribution < -0.4 is 29.6 Å². The van der Waals surface area contributed by atoms with Gasteiger partial charge >= 0.3 is 35.5 Å². The number of aliphatic carboxylic acids is 1. The van der Waals surface area contributed by atoms with Crippen molar-refractivity contribution in [3.8, 4) is 0 Å². The Balaban J connectivity index is 0.00000392. The van der Waals surface area contributed by atoms with Crippen molar-refractivity contribution in [2.24, 2.45) is 11.8 Å². The average molecular weight is 400 g/mol. The number of carboxylic acid groups (broad SMARTS) is 1. The summed E-state index contributed by atoms with van der Waals surface area (Å²) in [6.45, 7) is 4.31. The maximum atomic E-state index is 13.3. The van der Waals surface area contributed by atoms with E-state index in [9.17, 15) is 19.4 Å². The summed E-state index contributed by atoms with van der Waals surface area (Å²) in [5, 5.41) is 28.6. The van der Waals surface area contributed by atoms with Gasteiger partial charge in [0.1, 0.15) is 5.82 Å². The Labute approximate surface area is 189 Å². The largest absolute Gasteiger partial charge is 1.00 e. The number of carbonyl (C=O) groups is 1. The van der Waals surface area contributed by atoms with Crippen LogP contribution in [0.3, 0.4) is 0 Å². The topological polar surface area (TPSA) is 77.8 Å². The zero-order valence-corrected chi connectivity index (χ0v) is 18.9. The maximum Gasteiger partial charge on any atom is 1.00 e. The van der Waals surface area contributed by atoms with E-state index in [-0.39, 0.29) is 49.6 Å². The molecule has 3 N–H and O–H groups in total. The number of aliphatic hydroxyl groups excluding tert-OH is 2. The molecule has 0 aliphatic heterocycles. The zero-order chi connectivity index (χ0) is 20.0. The molecule has 1 aromatic rings. The number of rotatable bonds is 9. The van der Waals surface area contributed by atoms with E-state index in [1.165, 1.54) is 17.7 Å². The van der Waals surface area contributed by atoms with Crippen molar-refractivity contribution in [1.82, 2.24) is 0 Å². The normalized spacial score (nSPS) is 21.6. The van der Waals surface area contributed by atoms with E-state index >= 15 is 0 Å². The minimum atomic E-state index is -1.09. The van der Waals surface area contributed by atoms with Crippen LogP contribution in [0.5, 0.6) is 0 Å². The Morgan fingerprint density at radius 1 is 1.25 bits per heavy atom. The monoisotopic (exact) mass is 400 g/mol. The van der Waals surface area contributed by atoms with Crippen molar-refractivity contribution >= 4 is 11.5 Å². The molecule has 2 rings (SSSR count). The van der Waals surface area contributed by atoms with Gasteiger partial charge in [-0.1, -0.05) is 44.6 Å². The summed E-state index contributed by atoms with van der Waals surface area (Å²) in [6.07, 6.45) is 4.06. The molecule has 150 valence electrons. The first-order valence-electron chi connectivity index (χ1n) is 9.60. The molecule has 0 saturated heterocycles. The number of hydrogen-bond donors (Lipinski definition) is 3. The second-order valence-corrected chi connectivity index (χ2v) is 7.24. The molecule has 1 aromatic carbocycles. The van der Waals surface area contributed by atoms with Crippen LogP contribution in [0.2, 0.25) is 0 Å². The van der Waals surface area contributed by atoms with Crippen molar-refractivity contribution in [2.45, 2.75) is 58.2 Å². The third kappa shape index (κ3) is 6.82. The van der Waals surface area contributed by atoms with E-state index in [1.54, 1.807) is 18.2 Å². The first kappa shape index (κ1) is 25.1. The van der Waals surface area contributed by atoms with Gasteiger partial charge in [-0.05, 0) is 53.5 Å². The SMILES string of the molecule is CCC1CC(c2ccc(F)cc2)=C(/C=C/C(O)CC(O)CC(=O)O)C1CC.[H-].[Na+]. The second kappa shape index (κ2) is 11.9. The summed E-state index contributed by atoms with van der Waals surface area (Å²) < 4.78 is 13.3. The summed E-state index contributed by atoms with van der Waals surface area (Å²) in [5.74, 6) is -0.490. The van der Waals surface area contributed by atoms with Crippen LogP contribution in [-0.4, -0.2) is 33.5 Å². The molecule has 0 heterocycles. The van der Waals surface area contributed by atoms with Gasteiger partial charge in [-0.25, -0.2) is 4.39 Å². The van der Waals surface area contributed by atoms with Crippen molar-refractivity contribution in [3.05, 3.63) is 53.4 Å². The molecule has 0 radical (unpaired) electrons. The average Bonchev–Trinajstić information content (AvgIpc) is 2.97. The van der Waals surface area contributed by atoms with E-state index in [1.807, 2.05) is 6.08 Å². The van der Waals surface area contributed by atoms with E-state index < -0.39 is 18.2 Å². The number of carboxylic acids is 1. The Hall–Kier alpha value is -0.980. The third-order valence-electron chi connectivity index (χ3n) is 5.36. The Bertz CT molecular complexity index is 705. The van der Waals surface area contributed by atoms with E-state index in [0.717, 1.165) is 30.4 Å². The molecule has 4 unspecified atom stereocenters. The van der Waals surface area contributed by atoms with Crippen LogP contribution in [0.25, 0.3) is 5.57 Å². The second-order valence-electron chi connectivity index (χ2n) is 7.24. The van der Waals surface area contributed by atoms with Crippen molar-refractivity contribution < 1.29 is 55.5 Å². The number of allylic oxidation sites excluding steroid dienone is 3. The standard InChI is InChI=1S/C22H29FO4.Na.H/c1-3-14-11-21(15-5-7-16(23)8-6-15)20(19(14)4-2)10-9-17(24)12-18(25)13-22(26)27;;/h5-10,14,17-19,24-25H,3-4,11-13H2,1-2H3,(H,26,27);;/q;+1;-1/b10-9+;;. The van der Waals surface area contributed by atoms with Gasteiger partial charge in [-0.3, -0.25) is 4.79 Å². The molecule has 0 saturated carbocycles. The van der Waals surface area contributed by atoms with E-state index in [2.05, 4.69) is 13.8 Å². The first-order chi connectivity index (χ1) is 12.8. The number of hydrogen-bond acceptors (Lipinski definition) is 3. The quantitative estimate of drug-likeness (QED) is 0.546. The first-order valence-corrected chi connectivity index (χ1v) is 9.60. The van der Waals surface area contributed by atoms with Gasteiger partial charge in [0, 0.05) is 6.42 Å². The van der Waals surface area contributed by atoms with Crippen LogP contribution in [0.4, 0.5) is 4.39 Å². The maximum absolute atomic E-state index is 13.3. The van der Waals surface area contributed by atoms with Crippen LogP contribution >= 0.6 is 0 Å². The molecule has 0 aromatic heterocycles. The number of benzene rings is 1. The van der Waals surface area contributed by atoms with Gasteiger partial charge in [0.2, 0.25) is 0 Å². The van der Waals surface area contributed by atoms with Gasteiger partial charge in [0.05, 0.1) is 18.6 Å². The molecule has 0 amide bonds. The molecule has 0 fully saturated rings. The Kier molecular flexibility index (Phi) is 10.6. The number of halogens is 1. The molecule has 0 bridgehead atoms. The molecular weight excluding hydrogens is 370 g/mol. The Morgan fingerprint density at radius 2 is 1.89 bits per heavy atom. The predicted molar refractivity (Wildman–Crippen MR) is 105 cm³/mol. The van der Waals surface area contributed by atoms with Crippen LogP contribution in [0.1, 0.15) is 52.9 Å². The summed E-state index contributed by atoms with van der Waals surface area (Å²) >= 11 is 0. The van der Waals surface area contributed by atoms with Gasteiger partial charge in [0.15, 0.2) is 0 Å². The van der Waals surface area contributed by atoms with Crippen LogP contribution in [-0.2, 0) is 4.79 Å². The molecule has 0 spiro atoms. The molecular formula is C22H30FNaO4. The van der Waals surface area contributed by atoms with E-state index in [0.29, 0.717) is 11.8 Å². The van der Waals surface area contributed by atoms with Gasteiger partial charge in [-0.15, -0.1) is 0 Å². The number of aliphatic hydroxyl groups is 2. The van der Waals surface area contributed by atoms with Gasteiger partial charge in [-0.2, -0.15) is 0 Å². The van der Waals surface area contributed by atoms with Crippen molar-refractivity contribution in [3.63, 3.8) is 0 Å².